The van der Waals surface area contributed by atoms with Crippen molar-refractivity contribution >= 4 is 40.9 Å². The fourth-order valence-corrected chi connectivity index (χ4v) is 4.04. The SMILES string of the molecule is CC1CC(CN)CN1C(=O)c1oc2ccccc2c1COc1ccccc1Cl.Cl. The van der Waals surface area contributed by atoms with Gasteiger partial charge in [-0.1, -0.05) is 41.9 Å². The molecule has 2 unspecified atom stereocenters. The van der Waals surface area contributed by atoms with Gasteiger partial charge in [-0.2, -0.15) is 0 Å². The van der Waals surface area contributed by atoms with Crippen LogP contribution in [0.2, 0.25) is 5.02 Å². The highest BCUT2D eigenvalue weighted by Gasteiger charge is 2.35. The Bertz CT molecular complexity index is 1000. The van der Waals surface area contributed by atoms with Gasteiger partial charge in [0.15, 0.2) is 5.76 Å². The second kappa shape index (κ2) is 9.08. The van der Waals surface area contributed by atoms with Gasteiger partial charge in [-0.05, 0) is 44.0 Å². The van der Waals surface area contributed by atoms with Gasteiger partial charge in [0, 0.05) is 23.5 Å². The molecule has 2 N–H and O–H groups in total. The van der Waals surface area contributed by atoms with E-state index in [2.05, 4.69) is 6.92 Å². The van der Waals surface area contributed by atoms with Gasteiger partial charge in [0.25, 0.3) is 5.91 Å². The maximum atomic E-state index is 13.3. The number of likely N-dealkylation sites (tertiary alicyclic amines) is 1. The molecule has 1 amide bonds. The molecule has 0 saturated carbocycles. The minimum atomic E-state index is -0.114. The van der Waals surface area contributed by atoms with Gasteiger partial charge in [0.1, 0.15) is 17.9 Å². The van der Waals surface area contributed by atoms with E-state index >= 15 is 0 Å². The van der Waals surface area contributed by atoms with Crippen LogP contribution in [0.15, 0.2) is 52.9 Å². The van der Waals surface area contributed by atoms with Crippen molar-refractivity contribution in [2.24, 2.45) is 11.7 Å². The Morgan fingerprint density at radius 2 is 1.97 bits per heavy atom. The Morgan fingerprint density at radius 3 is 2.69 bits per heavy atom. The van der Waals surface area contributed by atoms with E-state index in [1.807, 2.05) is 41.3 Å². The van der Waals surface area contributed by atoms with Crippen molar-refractivity contribution in [2.75, 3.05) is 13.1 Å². The Balaban J connectivity index is 0.00000240. The number of para-hydroxylation sites is 2. The molecule has 0 aliphatic carbocycles. The summed E-state index contributed by atoms with van der Waals surface area (Å²) in [5.74, 6) is 1.12. The molecule has 0 bridgehead atoms. The Hall–Kier alpha value is -2.21. The second-order valence-corrected chi connectivity index (χ2v) is 7.68. The van der Waals surface area contributed by atoms with Crippen LogP contribution >= 0.6 is 24.0 Å². The van der Waals surface area contributed by atoms with Crippen LogP contribution in [0.4, 0.5) is 0 Å². The van der Waals surface area contributed by atoms with E-state index in [1.165, 1.54) is 0 Å². The van der Waals surface area contributed by atoms with Crippen LogP contribution in [0, 0.1) is 5.92 Å². The normalized spacial score (nSPS) is 18.7. The fraction of sp³-hybridized carbons (Fsp3) is 0.318. The van der Waals surface area contributed by atoms with Crippen molar-refractivity contribution in [3.8, 4) is 5.75 Å². The molecule has 154 valence electrons. The average molecular weight is 435 g/mol. The molecule has 1 fully saturated rings. The third kappa shape index (κ3) is 4.22. The molecule has 5 nitrogen and oxygen atoms in total. The summed E-state index contributed by atoms with van der Waals surface area (Å²) in [7, 11) is 0. The fourth-order valence-electron chi connectivity index (χ4n) is 3.85. The summed E-state index contributed by atoms with van der Waals surface area (Å²) in [5.41, 5.74) is 7.23. The van der Waals surface area contributed by atoms with Crippen LogP contribution in [-0.4, -0.2) is 29.9 Å². The Morgan fingerprint density at radius 1 is 1.24 bits per heavy atom. The van der Waals surface area contributed by atoms with Crippen LogP contribution < -0.4 is 10.5 Å². The quantitative estimate of drug-likeness (QED) is 0.619. The number of amides is 1. The van der Waals surface area contributed by atoms with Gasteiger partial charge in [0.05, 0.1) is 5.02 Å². The van der Waals surface area contributed by atoms with Gasteiger partial charge in [-0.25, -0.2) is 0 Å². The predicted octanol–water partition coefficient (Wildman–Crippen LogP) is 4.90. The lowest BCUT2D eigenvalue weighted by molar-refractivity contribution is 0.0710. The summed E-state index contributed by atoms with van der Waals surface area (Å²) in [6.07, 6.45) is 0.911. The molecule has 3 aromatic rings. The van der Waals surface area contributed by atoms with Crippen molar-refractivity contribution in [3.05, 3.63) is 64.9 Å². The lowest BCUT2D eigenvalue weighted by Crippen LogP contribution is -2.34. The number of nitrogens with two attached hydrogens (primary N) is 1. The first-order chi connectivity index (χ1) is 13.6. The number of ether oxygens (including phenoxy) is 1. The van der Waals surface area contributed by atoms with Gasteiger partial charge < -0.3 is 19.8 Å². The molecule has 2 atom stereocenters. The van der Waals surface area contributed by atoms with E-state index in [0.717, 1.165) is 17.4 Å². The van der Waals surface area contributed by atoms with Crippen LogP contribution in [0.3, 0.4) is 0 Å². The first-order valence-corrected chi connectivity index (χ1v) is 9.85. The molecule has 2 heterocycles. The summed E-state index contributed by atoms with van der Waals surface area (Å²) in [4.78, 5) is 15.2. The smallest absolute Gasteiger partial charge is 0.290 e. The number of fused-ring (bicyclic) bond motifs is 1. The summed E-state index contributed by atoms with van der Waals surface area (Å²) in [5, 5.41) is 1.40. The molecule has 1 aliphatic heterocycles. The summed E-state index contributed by atoms with van der Waals surface area (Å²) >= 11 is 6.20. The maximum Gasteiger partial charge on any atom is 0.290 e. The average Bonchev–Trinajstić information content (AvgIpc) is 3.27. The molecule has 1 aromatic heterocycles. The van der Waals surface area contributed by atoms with Crippen molar-refractivity contribution in [3.63, 3.8) is 0 Å². The molecule has 0 spiro atoms. The van der Waals surface area contributed by atoms with Crippen LogP contribution in [0.5, 0.6) is 5.75 Å². The number of hydrogen-bond acceptors (Lipinski definition) is 4. The molecule has 1 aliphatic rings. The number of nitrogens with zero attached hydrogens (tertiary/aromatic N) is 1. The number of rotatable bonds is 5. The van der Waals surface area contributed by atoms with E-state index in [4.69, 9.17) is 26.5 Å². The zero-order chi connectivity index (χ0) is 19.7. The second-order valence-electron chi connectivity index (χ2n) is 7.27. The van der Waals surface area contributed by atoms with Crippen molar-refractivity contribution in [1.82, 2.24) is 4.90 Å². The number of hydrogen-bond donors (Lipinski definition) is 1. The zero-order valence-corrected chi connectivity index (χ0v) is 17.7. The molecule has 7 heteroatoms. The van der Waals surface area contributed by atoms with Gasteiger partial charge in [-0.15, -0.1) is 12.4 Å². The number of carbonyl (C=O) groups is 1. The van der Waals surface area contributed by atoms with E-state index in [0.29, 0.717) is 41.1 Å². The highest BCUT2D eigenvalue weighted by Crippen LogP contribution is 2.32. The van der Waals surface area contributed by atoms with Crippen molar-refractivity contribution < 1.29 is 13.9 Å². The third-order valence-electron chi connectivity index (χ3n) is 5.36. The molecule has 4 rings (SSSR count). The van der Waals surface area contributed by atoms with Crippen LogP contribution in [0.25, 0.3) is 11.0 Å². The summed E-state index contributed by atoms with van der Waals surface area (Å²) in [6.45, 7) is 3.48. The van der Waals surface area contributed by atoms with E-state index in [1.54, 1.807) is 12.1 Å². The first kappa shape index (κ1) is 21.5. The van der Waals surface area contributed by atoms with Crippen LogP contribution in [0.1, 0.15) is 29.5 Å². The van der Waals surface area contributed by atoms with Gasteiger partial charge >= 0.3 is 0 Å². The minimum absolute atomic E-state index is 0. The van der Waals surface area contributed by atoms with Crippen LogP contribution in [-0.2, 0) is 6.61 Å². The number of halogens is 2. The van der Waals surface area contributed by atoms with Gasteiger partial charge in [0.2, 0.25) is 0 Å². The van der Waals surface area contributed by atoms with Crippen molar-refractivity contribution in [1.29, 1.82) is 0 Å². The maximum absolute atomic E-state index is 13.3. The number of benzene rings is 2. The molecular weight excluding hydrogens is 411 g/mol. The lowest BCUT2D eigenvalue weighted by Gasteiger charge is -2.21. The molecule has 1 saturated heterocycles. The first-order valence-electron chi connectivity index (χ1n) is 9.47. The van der Waals surface area contributed by atoms with Crippen molar-refractivity contribution in [2.45, 2.75) is 26.0 Å². The molecule has 0 radical (unpaired) electrons. The lowest BCUT2D eigenvalue weighted by atomic mass is 10.1. The zero-order valence-electron chi connectivity index (χ0n) is 16.1. The number of furan rings is 1. The van der Waals surface area contributed by atoms with E-state index in [-0.39, 0.29) is 31.0 Å². The largest absolute Gasteiger partial charge is 0.487 e. The summed E-state index contributed by atoms with van der Waals surface area (Å²) in [6, 6.07) is 15.0. The Labute approximate surface area is 181 Å². The molecule has 29 heavy (non-hydrogen) atoms. The minimum Gasteiger partial charge on any atom is -0.487 e. The molecular formula is C22H24Cl2N2O3. The highest BCUT2D eigenvalue weighted by atomic mass is 35.5. The predicted molar refractivity (Wildman–Crippen MR) is 117 cm³/mol. The van der Waals surface area contributed by atoms with E-state index in [9.17, 15) is 4.79 Å². The monoisotopic (exact) mass is 434 g/mol. The van der Waals surface area contributed by atoms with Gasteiger partial charge in [-0.3, -0.25) is 4.79 Å². The third-order valence-corrected chi connectivity index (χ3v) is 5.67. The Kier molecular flexibility index (Phi) is 6.73. The summed E-state index contributed by atoms with van der Waals surface area (Å²) < 4.78 is 11.9. The van der Waals surface area contributed by atoms with E-state index < -0.39 is 0 Å². The topological polar surface area (TPSA) is 68.7 Å². The standard InChI is InChI=1S/C22H23ClN2O3.ClH/c1-14-10-15(11-24)12-25(14)22(26)21-17(16-6-2-4-8-19(16)28-21)13-27-20-9-5-3-7-18(20)23;/h2-9,14-15H,10-13,24H2,1H3;1H. The molecule has 2 aromatic carbocycles. The number of carbonyl (C=O) groups excluding carboxylic acids is 1. The highest BCUT2D eigenvalue weighted by molar-refractivity contribution is 6.32.